The fourth-order valence-corrected chi connectivity index (χ4v) is 2.98. The molecule has 0 radical (unpaired) electrons. The number of carbonyl (C=O) groups is 2. The highest BCUT2D eigenvalue weighted by molar-refractivity contribution is 6.11. The molecule has 2 heterocycles. The summed E-state index contributed by atoms with van der Waals surface area (Å²) in [6.45, 7) is 0. The van der Waals surface area contributed by atoms with Gasteiger partial charge in [0, 0.05) is 18.2 Å². The molecule has 0 atom stereocenters. The summed E-state index contributed by atoms with van der Waals surface area (Å²) in [5.74, 6) is -0.556. The Labute approximate surface area is 192 Å². The second-order valence-electron chi connectivity index (χ2n) is 6.83. The molecule has 0 saturated heterocycles. The van der Waals surface area contributed by atoms with E-state index < -0.39 is 16.9 Å². The van der Waals surface area contributed by atoms with Gasteiger partial charge in [0.1, 0.15) is 0 Å². The first-order valence-corrected chi connectivity index (χ1v) is 9.82. The van der Waals surface area contributed by atoms with E-state index in [1.807, 2.05) is 0 Å². The van der Waals surface area contributed by atoms with Crippen molar-refractivity contribution in [3.05, 3.63) is 99.6 Å². The summed E-state index contributed by atoms with van der Waals surface area (Å²) < 4.78 is 20.9. The molecule has 10 heteroatoms. The maximum Gasteiger partial charge on any atom is 0.363 e. The van der Waals surface area contributed by atoms with Gasteiger partial charge < -0.3 is 18.6 Å². The number of non-ortho nitro benzene ring substituents is 1. The van der Waals surface area contributed by atoms with Gasteiger partial charge in [-0.1, -0.05) is 18.2 Å². The minimum Gasteiger partial charge on any atom is -0.493 e. The van der Waals surface area contributed by atoms with Crippen molar-refractivity contribution < 1.29 is 33.1 Å². The predicted octanol–water partition coefficient (Wildman–Crippen LogP) is 4.16. The van der Waals surface area contributed by atoms with Crippen LogP contribution in [-0.2, 0) is 14.3 Å². The number of cyclic esters (lactones) is 1. The summed E-state index contributed by atoms with van der Waals surface area (Å²) in [6.07, 6.45) is 5.49. The van der Waals surface area contributed by atoms with E-state index in [2.05, 4.69) is 4.99 Å². The van der Waals surface area contributed by atoms with E-state index in [0.29, 0.717) is 16.9 Å². The molecular formula is C24H16N2O8. The zero-order valence-electron chi connectivity index (χ0n) is 17.7. The monoisotopic (exact) mass is 460 g/mol. The van der Waals surface area contributed by atoms with Gasteiger partial charge in [0.05, 0.1) is 18.3 Å². The van der Waals surface area contributed by atoms with Crippen LogP contribution in [0.1, 0.15) is 16.9 Å². The normalized spacial score (nSPS) is 14.2. The Morgan fingerprint density at radius 2 is 1.94 bits per heavy atom. The number of rotatable bonds is 7. The summed E-state index contributed by atoms with van der Waals surface area (Å²) in [7, 11) is 1.40. The van der Waals surface area contributed by atoms with Gasteiger partial charge in [0.2, 0.25) is 0 Å². The summed E-state index contributed by atoms with van der Waals surface area (Å²) in [6, 6.07) is 13.8. The number of aliphatic imine (C=N–C) groups is 1. The van der Waals surface area contributed by atoms with E-state index >= 15 is 0 Å². The number of carbonyl (C=O) groups excluding carboxylic acids is 2. The van der Waals surface area contributed by atoms with Crippen LogP contribution in [0.15, 0.2) is 82.0 Å². The van der Waals surface area contributed by atoms with Gasteiger partial charge >= 0.3 is 11.9 Å². The number of nitrogens with zero attached hydrogens (tertiary/aromatic N) is 2. The van der Waals surface area contributed by atoms with Crippen molar-refractivity contribution in [2.45, 2.75) is 0 Å². The summed E-state index contributed by atoms with van der Waals surface area (Å²) >= 11 is 0. The average molecular weight is 460 g/mol. The fraction of sp³-hybridized carbons (Fsp3) is 0.0417. The van der Waals surface area contributed by atoms with Gasteiger partial charge in [-0.2, -0.15) is 0 Å². The quantitative estimate of drug-likeness (QED) is 0.169. The van der Waals surface area contributed by atoms with Crippen molar-refractivity contribution in [2.24, 2.45) is 4.99 Å². The third-order valence-electron chi connectivity index (χ3n) is 4.55. The molecular weight excluding hydrogens is 444 g/mol. The molecule has 1 aromatic heterocycles. The highest BCUT2D eigenvalue weighted by Gasteiger charge is 2.26. The van der Waals surface area contributed by atoms with Crippen molar-refractivity contribution in [2.75, 3.05) is 7.11 Å². The lowest BCUT2D eigenvalue weighted by Crippen LogP contribution is -2.05. The molecule has 0 saturated carbocycles. The number of esters is 2. The third kappa shape index (κ3) is 5.07. The lowest BCUT2D eigenvalue weighted by molar-refractivity contribution is -0.384. The first-order valence-electron chi connectivity index (χ1n) is 9.82. The molecule has 0 aliphatic carbocycles. The molecule has 0 N–H and O–H groups in total. The fourth-order valence-electron chi connectivity index (χ4n) is 2.98. The average Bonchev–Trinajstić information content (AvgIpc) is 3.49. The number of hydrogen-bond donors (Lipinski definition) is 0. The Morgan fingerprint density at radius 3 is 2.68 bits per heavy atom. The van der Waals surface area contributed by atoms with Crippen LogP contribution in [0.2, 0.25) is 0 Å². The molecule has 170 valence electrons. The number of furan rings is 1. The van der Waals surface area contributed by atoms with Gasteiger partial charge in [-0.3, -0.25) is 10.1 Å². The van der Waals surface area contributed by atoms with E-state index in [1.165, 1.54) is 49.8 Å². The minimum absolute atomic E-state index is 0.0642. The highest BCUT2D eigenvalue weighted by atomic mass is 16.6. The van der Waals surface area contributed by atoms with E-state index in [0.717, 1.165) is 6.08 Å². The van der Waals surface area contributed by atoms with Crippen molar-refractivity contribution in [3.63, 3.8) is 0 Å². The second-order valence-corrected chi connectivity index (χ2v) is 6.83. The van der Waals surface area contributed by atoms with Crippen molar-refractivity contribution in [3.8, 4) is 11.5 Å². The lowest BCUT2D eigenvalue weighted by atomic mass is 10.1. The number of nitro groups is 1. The largest absolute Gasteiger partial charge is 0.493 e. The van der Waals surface area contributed by atoms with E-state index in [-0.39, 0.29) is 28.8 Å². The zero-order chi connectivity index (χ0) is 24.1. The lowest BCUT2D eigenvalue weighted by Gasteiger charge is -2.08. The number of benzene rings is 2. The van der Waals surface area contributed by atoms with Crippen LogP contribution in [0.25, 0.3) is 12.2 Å². The van der Waals surface area contributed by atoms with E-state index in [9.17, 15) is 19.7 Å². The molecule has 0 amide bonds. The Bertz CT molecular complexity index is 1350. The van der Waals surface area contributed by atoms with Crippen LogP contribution in [0, 0.1) is 10.1 Å². The molecule has 4 rings (SSSR count). The zero-order valence-corrected chi connectivity index (χ0v) is 17.7. The molecule has 0 fully saturated rings. The molecule has 2 aromatic carbocycles. The van der Waals surface area contributed by atoms with Gasteiger partial charge in [-0.05, 0) is 47.5 Å². The second kappa shape index (κ2) is 9.65. The van der Waals surface area contributed by atoms with E-state index in [4.69, 9.17) is 18.6 Å². The number of ether oxygens (including phenoxy) is 3. The Balaban J connectivity index is 1.49. The summed E-state index contributed by atoms with van der Waals surface area (Å²) in [5, 5.41) is 10.9. The molecule has 1 aliphatic heterocycles. The smallest absolute Gasteiger partial charge is 0.363 e. The first kappa shape index (κ1) is 22.2. The topological polar surface area (TPSA) is 130 Å². The molecule has 3 aromatic rings. The Kier molecular flexibility index (Phi) is 6.31. The maximum atomic E-state index is 12.2. The minimum atomic E-state index is -0.706. The maximum absolute atomic E-state index is 12.2. The van der Waals surface area contributed by atoms with Crippen molar-refractivity contribution in [1.82, 2.24) is 0 Å². The van der Waals surface area contributed by atoms with Crippen molar-refractivity contribution >= 4 is 35.7 Å². The summed E-state index contributed by atoms with van der Waals surface area (Å²) in [4.78, 5) is 38.8. The molecule has 0 bridgehead atoms. The molecule has 1 aliphatic rings. The van der Waals surface area contributed by atoms with Crippen LogP contribution in [-0.4, -0.2) is 29.9 Å². The van der Waals surface area contributed by atoms with Crippen LogP contribution >= 0.6 is 0 Å². The number of nitro benzene ring substituents is 1. The van der Waals surface area contributed by atoms with Gasteiger partial charge in [0.15, 0.2) is 23.0 Å². The van der Waals surface area contributed by atoms with Gasteiger partial charge in [-0.15, -0.1) is 0 Å². The van der Waals surface area contributed by atoms with Crippen LogP contribution < -0.4 is 9.47 Å². The SMILES string of the molecule is COc1cc(/C=C2/N=C(c3ccco3)OC2=O)ccc1OC(=O)/C=C/c1cccc([N+](=O)[O-])c1. The standard InChI is InChI=1S/C24H16N2O8/c1-31-21-14-16(13-18-24(28)34-23(25-18)20-6-3-11-32-20)7-9-19(21)33-22(27)10-8-15-4-2-5-17(12-15)26(29)30/h2-14H,1H3/b10-8+,18-13+. The van der Waals surface area contributed by atoms with Gasteiger partial charge in [0.25, 0.3) is 11.6 Å². The van der Waals surface area contributed by atoms with Crippen LogP contribution in [0.3, 0.4) is 0 Å². The van der Waals surface area contributed by atoms with Crippen LogP contribution in [0.4, 0.5) is 5.69 Å². The third-order valence-corrected chi connectivity index (χ3v) is 4.55. The van der Waals surface area contributed by atoms with Gasteiger partial charge in [-0.25, -0.2) is 14.6 Å². The predicted molar refractivity (Wildman–Crippen MR) is 120 cm³/mol. The van der Waals surface area contributed by atoms with E-state index in [1.54, 1.807) is 30.3 Å². The summed E-state index contributed by atoms with van der Waals surface area (Å²) in [5.41, 5.74) is 1.00. The Hall–Kier alpha value is -4.99. The number of hydrogen-bond acceptors (Lipinski definition) is 9. The van der Waals surface area contributed by atoms with Crippen molar-refractivity contribution in [1.29, 1.82) is 0 Å². The number of methoxy groups -OCH3 is 1. The Morgan fingerprint density at radius 1 is 1.09 bits per heavy atom. The molecule has 0 spiro atoms. The first-order chi connectivity index (χ1) is 16.4. The molecule has 34 heavy (non-hydrogen) atoms. The van der Waals surface area contributed by atoms with Crippen LogP contribution in [0.5, 0.6) is 11.5 Å². The highest BCUT2D eigenvalue weighted by Crippen LogP contribution is 2.30. The molecule has 0 unspecified atom stereocenters. The molecule has 10 nitrogen and oxygen atoms in total.